The quantitative estimate of drug-likeness (QED) is 0.709. The number of carboxylic acid groups (broad SMARTS) is 1. The third-order valence-electron chi connectivity index (χ3n) is 3.49. The smallest absolute Gasteiger partial charge is 0.317 e. The number of hydrogen-bond acceptors (Lipinski definition) is 6. The Morgan fingerprint density at radius 1 is 1.24 bits per heavy atom. The molecule has 0 radical (unpaired) electrons. The van der Waals surface area contributed by atoms with Gasteiger partial charge >= 0.3 is 5.97 Å². The maximum Gasteiger partial charge on any atom is 0.317 e. The van der Waals surface area contributed by atoms with Crippen LogP contribution in [0, 0.1) is 6.92 Å². The van der Waals surface area contributed by atoms with E-state index in [1.54, 1.807) is 4.90 Å². The van der Waals surface area contributed by atoms with Crippen LogP contribution in [0.25, 0.3) is 0 Å². The van der Waals surface area contributed by atoms with Crippen molar-refractivity contribution in [1.82, 2.24) is 20.4 Å². The Hall–Kier alpha value is -2.32. The first-order valence-electron chi connectivity index (χ1n) is 8.08. The molecule has 0 spiro atoms. The van der Waals surface area contributed by atoms with Gasteiger partial charge in [0.05, 0.1) is 13.1 Å². The van der Waals surface area contributed by atoms with Crippen molar-refractivity contribution in [3.05, 3.63) is 45.4 Å². The molecule has 1 aromatic heterocycles. The predicted molar refractivity (Wildman–Crippen MR) is 95.5 cm³/mol. The monoisotopic (exact) mass is 362 g/mol. The van der Waals surface area contributed by atoms with Gasteiger partial charge in [-0.2, -0.15) is 0 Å². The van der Waals surface area contributed by atoms with Crippen LogP contribution < -0.4 is 5.32 Å². The Labute approximate surface area is 150 Å². The van der Waals surface area contributed by atoms with Gasteiger partial charge in [0.1, 0.15) is 5.01 Å². The molecule has 1 aromatic carbocycles. The zero-order valence-electron chi connectivity index (χ0n) is 14.4. The van der Waals surface area contributed by atoms with Crippen LogP contribution in [0.1, 0.15) is 39.3 Å². The van der Waals surface area contributed by atoms with Gasteiger partial charge in [0, 0.05) is 6.54 Å². The molecule has 0 aliphatic heterocycles. The molecule has 0 saturated carbocycles. The van der Waals surface area contributed by atoms with Crippen molar-refractivity contribution in [1.29, 1.82) is 0 Å². The number of hydrogen-bond donors (Lipinski definition) is 2. The summed E-state index contributed by atoms with van der Waals surface area (Å²) >= 11 is 1.19. The zero-order valence-corrected chi connectivity index (χ0v) is 15.2. The Morgan fingerprint density at radius 3 is 2.60 bits per heavy atom. The summed E-state index contributed by atoms with van der Waals surface area (Å²) in [4.78, 5) is 24.8. The number of amides is 1. The van der Waals surface area contributed by atoms with Crippen LogP contribution in [0.15, 0.2) is 24.3 Å². The highest BCUT2D eigenvalue weighted by Crippen LogP contribution is 2.13. The van der Waals surface area contributed by atoms with Crippen LogP contribution in [0.4, 0.5) is 0 Å². The number of carbonyl (C=O) groups excluding carboxylic acids is 1. The molecular formula is C17H22N4O3S. The van der Waals surface area contributed by atoms with Gasteiger partial charge in [-0.1, -0.05) is 48.1 Å². The summed E-state index contributed by atoms with van der Waals surface area (Å²) in [6.07, 6.45) is 0.843. The third-order valence-corrected chi connectivity index (χ3v) is 4.40. The number of aliphatic carboxylic acids is 1. The highest BCUT2D eigenvalue weighted by Gasteiger charge is 2.16. The Bertz CT molecular complexity index is 715. The second-order valence-corrected chi connectivity index (χ2v) is 6.84. The normalized spacial score (nSPS) is 10.8. The molecule has 0 bridgehead atoms. The Balaban J connectivity index is 1.91. The van der Waals surface area contributed by atoms with E-state index in [-0.39, 0.29) is 17.5 Å². The van der Waals surface area contributed by atoms with Crippen LogP contribution >= 0.6 is 11.3 Å². The van der Waals surface area contributed by atoms with Crippen molar-refractivity contribution in [3.8, 4) is 0 Å². The number of nitrogens with one attached hydrogen (secondary N) is 1. The number of aromatic nitrogens is 2. The van der Waals surface area contributed by atoms with E-state index in [0.717, 1.165) is 12.0 Å². The topological polar surface area (TPSA) is 95.4 Å². The van der Waals surface area contributed by atoms with Crippen molar-refractivity contribution in [2.45, 2.75) is 33.4 Å². The lowest BCUT2D eigenvalue weighted by molar-refractivity contribution is -0.138. The van der Waals surface area contributed by atoms with Crippen LogP contribution in [0.3, 0.4) is 0 Å². The lowest BCUT2D eigenvalue weighted by atomic mass is 10.1. The van der Waals surface area contributed by atoms with E-state index in [1.165, 1.54) is 16.9 Å². The Kier molecular flexibility index (Phi) is 7.03. The minimum Gasteiger partial charge on any atom is -0.480 e. The molecule has 0 aliphatic rings. The number of benzene rings is 1. The summed E-state index contributed by atoms with van der Waals surface area (Å²) in [5, 5.41) is 20.6. The fourth-order valence-electron chi connectivity index (χ4n) is 2.29. The van der Waals surface area contributed by atoms with Gasteiger partial charge in [-0.15, -0.1) is 10.2 Å². The van der Waals surface area contributed by atoms with Crippen molar-refractivity contribution >= 4 is 23.2 Å². The molecule has 0 unspecified atom stereocenters. The van der Waals surface area contributed by atoms with Crippen LogP contribution in [0.2, 0.25) is 0 Å². The third kappa shape index (κ3) is 6.24. The molecule has 0 atom stereocenters. The molecule has 2 rings (SSSR count). The minimum atomic E-state index is -0.881. The van der Waals surface area contributed by atoms with Crippen LogP contribution in [0.5, 0.6) is 0 Å². The SMILES string of the molecule is CCCN(CC(=O)O)Cc1nnc(C(=O)NCc2ccc(C)cc2)s1. The lowest BCUT2D eigenvalue weighted by Gasteiger charge is -2.17. The first kappa shape index (κ1) is 19.0. The number of carbonyl (C=O) groups is 2. The van der Waals surface area contributed by atoms with E-state index in [4.69, 9.17) is 5.11 Å². The lowest BCUT2D eigenvalue weighted by Crippen LogP contribution is -2.30. The highest BCUT2D eigenvalue weighted by atomic mass is 32.1. The summed E-state index contributed by atoms with van der Waals surface area (Å²) in [7, 11) is 0. The second-order valence-electron chi connectivity index (χ2n) is 5.77. The maximum absolute atomic E-state index is 12.2. The van der Waals surface area contributed by atoms with Gasteiger partial charge in [0.15, 0.2) is 0 Å². The van der Waals surface area contributed by atoms with Gasteiger partial charge < -0.3 is 10.4 Å². The molecule has 7 nitrogen and oxygen atoms in total. The van der Waals surface area contributed by atoms with E-state index in [2.05, 4.69) is 15.5 Å². The average molecular weight is 362 g/mol. The molecule has 0 aliphatic carbocycles. The number of aryl methyl sites for hydroxylation is 1. The molecule has 2 N–H and O–H groups in total. The van der Waals surface area contributed by atoms with E-state index in [1.807, 2.05) is 38.1 Å². The van der Waals surface area contributed by atoms with Gasteiger partial charge in [-0.3, -0.25) is 14.5 Å². The number of rotatable bonds is 9. The molecule has 134 valence electrons. The molecule has 2 aromatic rings. The fraction of sp³-hybridized carbons (Fsp3) is 0.412. The van der Waals surface area contributed by atoms with E-state index in [9.17, 15) is 9.59 Å². The summed E-state index contributed by atoms with van der Waals surface area (Å²) in [6, 6.07) is 7.93. The molecule has 8 heteroatoms. The Morgan fingerprint density at radius 2 is 1.96 bits per heavy atom. The maximum atomic E-state index is 12.2. The number of nitrogens with zero attached hydrogens (tertiary/aromatic N) is 3. The van der Waals surface area contributed by atoms with Crippen LogP contribution in [-0.2, 0) is 17.9 Å². The van der Waals surface area contributed by atoms with Gasteiger partial charge in [-0.25, -0.2) is 0 Å². The molecule has 25 heavy (non-hydrogen) atoms. The predicted octanol–water partition coefficient (Wildman–Crippen LogP) is 2.07. The van der Waals surface area contributed by atoms with E-state index in [0.29, 0.717) is 24.6 Å². The molecule has 0 fully saturated rings. The van der Waals surface area contributed by atoms with Gasteiger partial charge in [0.2, 0.25) is 5.01 Å². The number of carboxylic acids is 1. The zero-order chi connectivity index (χ0) is 18.2. The molecule has 1 heterocycles. The summed E-state index contributed by atoms with van der Waals surface area (Å²) in [6.45, 7) is 5.40. The molecule has 0 saturated heterocycles. The first-order chi connectivity index (χ1) is 12.0. The largest absolute Gasteiger partial charge is 0.480 e. The van der Waals surface area contributed by atoms with Gasteiger partial charge in [0.25, 0.3) is 5.91 Å². The standard InChI is InChI=1S/C17H22N4O3S/c1-3-8-21(11-15(22)23)10-14-19-20-17(25-14)16(24)18-9-13-6-4-12(2)5-7-13/h4-7H,3,8-11H2,1-2H3,(H,18,24)(H,22,23). The second kappa shape index (κ2) is 9.24. The highest BCUT2D eigenvalue weighted by molar-refractivity contribution is 7.13. The summed E-state index contributed by atoms with van der Waals surface area (Å²) in [5.41, 5.74) is 2.18. The average Bonchev–Trinajstić information content (AvgIpc) is 3.02. The summed E-state index contributed by atoms with van der Waals surface area (Å²) in [5.74, 6) is -1.15. The van der Waals surface area contributed by atoms with Gasteiger partial charge in [-0.05, 0) is 25.5 Å². The van der Waals surface area contributed by atoms with E-state index < -0.39 is 5.97 Å². The first-order valence-corrected chi connectivity index (χ1v) is 8.90. The van der Waals surface area contributed by atoms with Crippen molar-refractivity contribution in [2.75, 3.05) is 13.1 Å². The minimum absolute atomic E-state index is 0.0532. The van der Waals surface area contributed by atoms with Crippen molar-refractivity contribution in [2.24, 2.45) is 0 Å². The van der Waals surface area contributed by atoms with E-state index >= 15 is 0 Å². The fourth-order valence-corrected chi connectivity index (χ4v) is 3.08. The molecule has 1 amide bonds. The summed E-state index contributed by atoms with van der Waals surface area (Å²) < 4.78 is 0. The van der Waals surface area contributed by atoms with Crippen molar-refractivity contribution < 1.29 is 14.7 Å². The van der Waals surface area contributed by atoms with Crippen LogP contribution in [-0.4, -0.2) is 45.2 Å². The van der Waals surface area contributed by atoms with Crippen molar-refractivity contribution in [3.63, 3.8) is 0 Å². The molecular weight excluding hydrogens is 340 g/mol.